The number of anilines is 1. The topological polar surface area (TPSA) is 78.4 Å². The lowest BCUT2D eigenvalue weighted by molar-refractivity contribution is -0.384. The number of nitrogens with two attached hydrogens (primary N) is 1. The molecule has 0 fully saturated rings. The Morgan fingerprint density at radius 1 is 1.57 bits per heavy atom. The molecule has 0 aliphatic rings. The Hall–Kier alpha value is -1.49. The summed E-state index contributed by atoms with van der Waals surface area (Å²) in [7, 11) is 0. The van der Waals surface area contributed by atoms with Crippen molar-refractivity contribution in [3.63, 3.8) is 0 Å². The van der Waals surface area contributed by atoms with Crippen LogP contribution in [0.15, 0.2) is 18.2 Å². The van der Waals surface area contributed by atoms with E-state index in [4.69, 9.17) is 22.1 Å². The molecule has 1 rings (SSSR count). The molecule has 1 aromatic carbocycles. The van der Waals surface area contributed by atoms with Crippen LogP contribution in [0.4, 0.5) is 11.4 Å². The van der Waals surface area contributed by atoms with Gasteiger partial charge in [-0.25, -0.2) is 0 Å². The highest BCUT2D eigenvalue weighted by molar-refractivity contribution is 6.18. The summed E-state index contributed by atoms with van der Waals surface area (Å²) in [5.74, 6) is 0.726. The van der Waals surface area contributed by atoms with Crippen molar-refractivity contribution < 1.29 is 9.66 Å². The van der Waals surface area contributed by atoms with Crippen LogP contribution in [0.25, 0.3) is 0 Å². The number of benzene rings is 1. The van der Waals surface area contributed by atoms with Gasteiger partial charge in [-0.15, -0.1) is 11.6 Å². The molecule has 0 aliphatic heterocycles. The molecule has 0 bridgehead atoms. The Bertz CT molecular complexity index is 343. The van der Waals surface area contributed by atoms with E-state index in [0.29, 0.717) is 18.2 Å². The quantitative estimate of drug-likeness (QED) is 0.360. The van der Waals surface area contributed by atoms with Gasteiger partial charge in [-0.3, -0.25) is 10.1 Å². The second-order valence-electron chi connectivity index (χ2n) is 2.52. The maximum atomic E-state index is 10.5. The number of hydrogen-bond acceptors (Lipinski definition) is 4. The zero-order chi connectivity index (χ0) is 10.6. The smallest absolute Gasteiger partial charge is 0.295 e. The molecule has 0 saturated carbocycles. The predicted octanol–water partition coefficient (Wildman–Crippen LogP) is 1.79. The van der Waals surface area contributed by atoms with Crippen molar-refractivity contribution in [2.45, 2.75) is 0 Å². The summed E-state index contributed by atoms with van der Waals surface area (Å²) in [6, 6.07) is 4.28. The van der Waals surface area contributed by atoms with E-state index in [0.717, 1.165) is 0 Å². The Balaban J connectivity index is 2.89. The predicted molar refractivity (Wildman–Crippen MR) is 53.7 cm³/mol. The highest BCUT2D eigenvalue weighted by Crippen LogP contribution is 2.26. The summed E-state index contributed by atoms with van der Waals surface area (Å²) in [5, 5.41) is 10.5. The molecule has 1 aromatic rings. The molecular weight excluding hydrogens is 208 g/mol. The van der Waals surface area contributed by atoms with E-state index in [1.165, 1.54) is 12.1 Å². The first kappa shape index (κ1) is 10.6. The number of rotatable bonds is 4. The monoisotopic (exact) mass is 216 g/mol. The summed E-state index contributed by atoms with van der Waals surface area (Å²) < 4.78 is 5.11. The second-order valence-corrected chi connectivity index (χ2v) is 2.89. The SMILES string of the molecule is Nc1ccc(OCCCl)cc1[N+](=O)[O-]. The minimum atomic E-state index is -0.553. The van der Waals surface area contributed by atoms with E-state index >= 15 is 0 Å². The van der Waals surface area contributed by atoms with Crippen molar-refractivity contribution in [1.29, 1.82) is 0 Å². The van der Waals surface area contributed by atoms with E-state index in [1.807, 2.05) is 0 Å². The Morgan fingerprint density at radius 3 is 2.86 bits per heavy atom. The first-order valence-corrected chi connectivity index (χ1v) is 4.41. The third-order valence-electron chi connectivity index (χ3n) is 1.54. The number of alkyl halides is 1. The van der Waals surface area contributed by atoms with Crippen LogP contribution in [0.5, 0.6) is 5.75 Å². The number of nitrogen functional groups attached to an aromatic ring is 1. The minimum absolute atomic E-state index is 0.119. The summed E-state index contributed by atoms with van der Waals surface area (Å²) in [6.07, 6.45) is 0. The normalized spacial score (nSPS) is 9.79. The lowest BCUT2D eigenvalue weighted by atomic mass is 10.2. The van der Waals surface area contributed by atoms with E-state index in [2.05, 4.69) is 0 Å². The molecule has 0 aliphatic carbocycles. The molecule has 0 radical (unpaired) electrons. The van der Waals surface area contributed by atoms with E-state index in [-0.39, 0.29) is 11.4 Å². The van der Waals surface area contributed by atoms with Gasteiger partial charge in [-0.1, -0.05) is 0 Å². The highest BCUT2D eigenvalue weighted by atomic mass is 35.5. The highest BCUT2D eigenvalue weighted by Gasteiger charge is 2.12. The van der Waals surface area contributed by atoms with Gasteiger partial charge >= 0.3 is 0 Å². The lowest BCUT2D eigenvalue weighted by Crippen LogP contribution is -2.00. The van der Waals surface area contributed by atoms with Crippen molar-refractivity contribution >= 4 is 23.0 Å². The standard InChI is InChI=1S/C8H9ClN2O3/c9-3-4-14-6-1-2-7(10)8(5-6)11(12)13/h1-2,5H,3-4,10H2. The largest absolute Gasteiger partial charge is 0.492 e. The molecule has 0 amide bonds. The number of halogens is 1. The van der Waals surface area contributed by atoms with Gasteiger partial charge in [-0.05, 0) is 12.1 Å². The summed E-state index contributed by atoms with van der Waals surface area (Å²) in [5.41, 5.74) is 5.36. The Kier molecular flexibility index (Phi) is 3.53. The summed E-state index contributed by atoms with van der Waals surface area (Å²) in [4.78, 5) is 9.94. The van der Waals surface area contributed by atoms with Gasteiger partial charge in [0.25, 0.3) is 5.69 Å². The van der Waals surface area contributed by atoms with Crippen molar-refractivity contribution in [1.82, 2.24) is 0 Å². The van der Waals surface area contributed by atoms with Crippen LogP contribution in [0.1, 0.15) is 0 Å². The van der Waals surface area contributed by atoms with Gasteiger partial charge < -0.3 is 10.5 Å². The van der Waals surface area contributed by atoms with Crippen molar-refractivity contribution in [2.24, 2.45) is 0 Å². The van der Waals surface area contributed by atoms with Crippen LogP contribution in [-0.4, -0.2) is 17.4 Å². The molecule has 0 heterocycles. The molecule has 0 saturated heterocycles. The van der Waals surface area contributed by atoms with E-state index in [1.54, 1.807) is 6.07 Å². The first-order valence-electron chi connectivity index (χ1n) is 3.88. The lowest BCUT2D eigenvalue weighted by Gasteiger charge is -2.04. The molecule has 6 heteroatoms. The number of nitro benzene ring substituents is 1. The number of hydrogen-bond donors (Lipinski definition) is 1. The Morgan fingerprint density at radius 2 is 2.29 bits per heavy atom. The molecular formula is C8H9ClN2O3. The average molecular weight is 217 g/mol. The third kappa shape index (κ3) is 2.50. The number of nitrogens with zero attached hydrogens (tertiary/aromatic N) is 1. The fourth-order valence-corrected chi connectivity index (χ4v) is 1.00. The van der Waals surface area contributed by atoms with Gasteiger partial charge in [-0.2, -0.15) is 0 Å². The van der Waals surface area contributed by atoms with Gasteiger partial charge in [0, 0.05) is 0 Å². The van der Waals surface area contributed by atoms with Gasteiger partial charge in [0.1, 0.15) is 18.0 Å². The Labute approximate surface area is 85.6 Å². The summed E-state index contributed by atoms with van der Waals surface area (Å²) >= 11 is 5.40. The first-order chi connectivity index (χ1) is 6.65. The van der Waals surface area contributed by atoms with Crippen LogP contribution >= 0.6 is 11.6 Å². The van der Waals surface area contributed by atoms with Crippen LogP contribution in [0, 0.1) is 10.1 Å². The van der Waals surface area contributed by atoms with Gasteiger partial charge in [0.05, 0.1) is 16.9 Å². The van der Waals surface area contributed by atoms with Crippen LogP contribution in [-0.2, 0) is 0 Å². The van der Waals surface area contributed by atoms with Gasteiger partial charge in [0.2, 0.25) is 0 Å². The van der Waals surface area contributed by atoms with Crippen LogP contribution in [0.2, 0.25) is 0 Å². The molecule has 0 spiro atoms. The van der Waals surface area contributed by atoms with E-state index < -0.39 is 4.92 Å². The fourth-order valence-electron chi connectivity index (χ4n) is 0.928. The second kappa shape index (κ2) is 4.66. The molecule has 0 atom stereocenters. The average Bonchev–Trinajstić information content (AvgIpc) is 2.16. The van der Waals surface area contributed by atoms with Crippen molar-refractivity contribution in [3.05, 3.63) is 28.3 Å². The van der Waals surface area contributed by atoms with Crippen LogP contribution in [0.3, 0.4) is 0 Å². The zero-order valence-electron chi connectivity index (χ0n) is 7.27. The molecule has 76 valence electrons. The molecule has 14 heavy (non-hydrogen) atoms. The minimum Gasteiger partial charge on any atom is -0.492 e. The van der Waals surface area contributed by atoms with Crippen molar-refractivity contribution in [2.75, 3.05) is 18.2 Å². The third-order valence-corrected chi connectivity index (χ3v) is 1.70. The maximum Gasteiger partial charge on any atom is 0.295 e. The zero-order valence-corrected chi connectivity index (χ0v) is 8.03. The van der Waals surface area contributed by atoms with Crippen LogP contribution < -0.4 is 10.5 Å². The molecule has 0 unspecified atom stereocenters. The maximum absolute atomic E-state index is 10.5. The fraction of sp³-hybridized carbons (Fsp3) is 0.250. The molecule has 0 aromatic heterocycles. The van der Waals surface area contributed by atoms with Crippen molar-refractivity contribution in [3.8, 4) is 5.75 Å². The molecule has 2 N–H and O–H groups in total. The van der Waals surface area contributed by atoms with Gasteiger partial charge in [0.15, 0.2) is 0 Å². The van der Waals surface area contributed by atoms with E-state index in [9.17, 15) is 10.1 Å². The number of nitro groups is 1. The summed E-state index contributed by atoms with van der Waals surface area (Å²) in [6.45, 7) is 0.308. The number of ether oxygens (including phenoxy) is 1. The molecule has 5 nitrogen and oxygen atoms in total.